The van der Waals surface area contributed by atoms with Crippen molar-refractivity contribution < 1.29 is 4.42 Å². The number of rotatable bonds is 5. The number of furan rings is 1. The zero-order chi connectivity index (χ0) is 32.3. The maximum atomic E-state index is 6.34. The molecule has 49 heavy (non-hydrogen) atoms. The molecule has 0 bridgehead atoms. The molecule has 0 spiro atoms. The lowest BCUT2D eigenvalue weighted by atomic mass is 9.95. The van der Waals surface area contributed by atoms with Crippen LogP contribution in [0.1, 0.15) is 0 Å². The number of hydrogen-bond donors (Lipinski definition) is 0. The lowest BCUT2D eigenvalue weighted by Gasteiger charge is -2.26. The van der Waals surface area contributed by atoms with Gasteiger partial charge in [0, 0.05) is 54.1 Å². The zero-order valence-electron chi connectivity index (χ0n) is 26.5. The van der Waals surface area contributed by atoms with Crippen molar-refractivity contribution >= 4 is 81.3 Å². The summed E-state index contributed by atoms with van der Waals surface area (Å²) in [6, 6.07) is 63.2. The normalized spacial score (nSPS) is 11.7. The van der Waals surface area contributed by atoms with Crippen LogP contribution in [0.2, 0.25) is 0 Å². The van der Waals surface area contributed by atoms with E-state index in [9.17, 15) is 0 Å². The molecule has 0 unspecified atom stereocenters. The van der Waals surface area contributed by atoms with Gasteiger partial charge in [-0.1, -0.05) is 115 Å². The largest absolute Gasteiger partial charge is 0.456 e. The highest BCUT2D eigenvalue weighted by molar-refractivity contribution is 7.26. The van der Waals surface area contributed by atoms with E-state index in [0.29, 0.717) is 0 Å². The molecule has 0 atom stereocenters. The molecule has 0 saturated carbocycles. The third-order valence-corrected chi connectivity index (χ3v) is 10.8. The zero-order valence-corrected chi connectivity index (χ0v) is 27.3. The van der Waals surface area contributed by atoms with Crippen molar-refractivity contribution in [1.82, 2.24) is 0 Å². The van der Waals surface area contributed by atoms with E-state index in [2.05, 4.69) is 169 Å². The maximum Gasteiger partial charge on any atom is 0.137 e. The van der Waals surface area contributed by atoms with E-state index in [1.54, 1.807) is 0 Å². The van der Waals surface area contributed by atoms with E-state index in [1.807, 2.05) is 23.5 Å². The van der Waals surface area contributed by atoms with Crippen LogP contribution < -0.4 is 4.90 Å². The lowest BCUT2D eigenvalue weighted by Crippen LogP contribution is -2.09. The second kappa shape index (κ2) is 11.2. The lowest BCUT2D eigenvalue weighted by molar-refractivity contribution is 0.669. The highest BCUT2D eigenvalue weighted by atomic mass is 32.1. The fraction of sp³-hybridized carbons (Fsp3) is 0. The third-order valence-electron chi connectivity index (χ3n) is 9.69. The SMILES string of the molecule is c1ccc(-c2ccc(N(c3ccc(-c4cccc5c4ccc4sc6ccccc6c45)cc3)c3ccc4c(c3)oc3ccccc34)cc2)cc1. The molecule has 10 rings (SSSR count). The smallest absolute Gasteiger partial charge is 0.137 e. The first kappa shape index (κ1) is 27.9. The summed E-state index contributed by atoms with van der Waals surface area (Å²) in [7, 11) is 0. The van der Waals surface area contributed by atoms with Crippen LogP contribution in [-0.2, 0) is 0 Å². The van der Waals surface area contributed by atoms with Crippen LogP contribution in [0.4, 0.5) is 17.1 Å². The summed E-state index contributed by atoms with van der Waals surface area (Å²) in [6.45, 7) is 0. The number of thiophene rings is 1. The Hall–Kier alpha value is -6.16. The van der Waals surface area contributed by atoms with Gasteiger partial charge in [-0.25, -0.2) is 0 Å². The average molecular weight is 644 g/mol. The van der Waals surface area contributed by atoms with Crippen LogP contribution in [0.3, 0.4) is 0 Å². The van der Waals surface area contributed by atoms with Crippen LogP contribution in [-0.4, -0.2) is 0 Å². The molecule has 0 fully saturated rings. The first-order chi connectivity index (χ1) is 24.3. The maximum absolute atomic E-state index is 6.34. The molecule has 0 saturated heterocycles. The van der Waals surface area contributed by atoms with Crippen LogP contribution in [0, 0.1) is 0 Å². The Kier molecular flexibility index (Phi) is 6.39. The molecule has 0 N–H and O–H groups in total. The average Bonchev–Trinajstić information content (AvgIpc) is 3.74. The van der Waals surface area contributed by atoms with Crippen molar-refractivity contribution in [3.8, 4) is 22.3 Å². The Morgan fingerprint density at radius 3 is 1.80 bits per heavy atom. The van der Waals surface area contributed by atoms with E-state index in [4.69, 9.17) is 4.42 Å². The van der Waals surface area contributed by atoms with Gasteiger partial charge in [0.1, 0.15) is 11.2 Å². The van der Waals surface area contributed by atoms with Gasteiger partial charge in [-0.3, -0.25) is 0 Å². The molecule has 2 aromatic heterocycles. The van der Waals surface area contributed by atoms with E-state index >= 15 is 0 Å². The van der Waals surface area contributed by atoms with Crippen molar-refractivity contribution in [3.63, 3.8) is 0 Å². The molecular weight excluding hydrogens is 615 g/mol. The quantitative estimate of drug-likeness (QED) is 0.186. The second-order valence-corrected chi connectivity index (χ2v) is 13.6. The molecule has 3 heteroatoms. The fourth-order valence-corrected chi connectivity index (χ4v) is 8.48. The van der Waals surface area contributed by atoms with E-state index in [1.165, 1.54) is 53.2 Å². The minimum Gasteiger partial charge on any atom is -0.456 e. The number of nitrogens with zero attached hydrogens (tertiary/aromatic N) is 1. The van der Waals surface area contributed by atoms with E-state index in [0.717, 1.165) is 39.0 Å². The summed E-state index contributed by atoms with van der Waals surface area (Å²) in [5.74, 6) is 0. The van der Waals surface area contributed by atoms with Crippen molar-refractivity contribution in [2.45, 2.75) is 0 Å². The summed E-state index contributed by atoms with van der Waals surface area (Å²) >= 11 is 1.87. The van der Waals surface area contributed by atoms with Crippen molar-refractivity contribution in [1.29, 1.82) is 0 Å². The monoisotopic (exact) mass is 643 g/mol. The molecule has 2 nitrogen and oxygen atoms in total. The number of benzene rings is 8. The van der Waals surface area contributed by atoms with Gasteiger partial charge in [-0.05, 0) is 87.6 Å². The predicted molar refractivity (Wildman–Crippen MR) is 210 cm³/mol. The van der Waals surface area contributed by atoms with Crippen molar-refractivity contribution in [2.24, 2.45) is 0 Å². The van der Waals surface area contributed by atoms with Gasteiger partial charge >= 0.3 is 0 Å². The third kappa shape index (κ3) is 4.62. The van der Waals surface area contributed by atoms with E-state index < -0.39 is 0 Å². The summed E-state index contributed by atoms with van der Waals surface area (Å²) < 4.78 is 9.00. The van der Waals surface area contributed by atoms with Gasteiger partial charge in [0.15, 0.2) is 0 Å². The second-order valence-electron chi connectivity index (χ2n) is 12.5. The molecule has 8 aromatic carbocycles. The Morgan fingerprint density at radius 1 is 0.367 bits per heavy atom. The molecular formula is C46H29NOS. The summed E-state index contributed by atoms with van der Waals surface area (Å²) in [4.78, 5) is 2.31. The Balaban J connectivity index is 1.09. The summed E-state index contributed by atoms with van der Waals surface area (Å²) in [5, 5.41) is 7.51. The molecule has 10 aromatic rings. The first-order valence-electron chi connectivity index (χ1n) is 16.6. The highest BCUT2D eigenvalue weighted by Gasteiger charge is 2.17. The van der Waals surface area contributed by atoms with Gasteiger partial charge in [0.25, 0.3) is 0 Å². The van der Waals surface area contributed by atoms with E-state index in [-0.39, 0.29) is 0 Å². The Bertz CT molecular complexity index is 2810. The Labute approximate surface area is 287 Å². The Morgan fingerprint density at radius 2 is 0.980 bits per heavy atom. The van der Waals surface area contributed by atoms with Crippen LogP contribution in [0.15, 0.2) is 180 Å². The molecule has 0 aliphatic rings. The first-order valence-corrected chi connectivity index (χ1v) is 17.4. The summed E-state index contributed by atoms with van der Waals surface area (Å²) in [6.07, 6.45) is 0. The van der Waals surface area contributed by atoms with Crippen molar-refractivity contribution in [2.75, 3.05) is 4.90 Å². The van der Waals surface area contributed by atoms with Crippen LogP contribution >= 0.6 is 11.3 Å². The minimum atomic E-state index is 0.879. The van der Waals surface area contributed by atoms with Gasteiger partial charge in [-0.15, -0.1) is 11.3 Å². The molecule has 0 radical (unpaired) electrons. The van der Waals surface area contributed by atoms with Crippen LogP contribution in [0.5, 0.6) is 0 Å². The molecule has 230 valence electrons. The van der Waals surface area contributed by atoms with Gasteiger partial charge in [0.05, 0.1) is 0 Å². The number of hydrogen-bond acceptors (Lipinski definition) is 3. The molecule has 0 aliphatic heterocycles. The minimum absolute atomic E-state index is 0.879. The van der Waals surface area contributed by atoms with Gasteiger partial charge in [0.2, 0.25) is 0 Å². The van der Waals surface area contributed by atoms with Gasteiger partial charge in [-0.2, -0.15) is 0 Å². The van der Waals surface area contributed by atoms with Gasteiger partial charge < -0.3 is 9.32 Å². The topological polar surface area (TPSA) is 16.4 Å². The molecule has 0 aliphatic carbocycles. The van der Waals surface area contributed by atoms with Crippen molar-refractivity contribution in [3.05, 3.63) is 176 Å². The fourth-order valence-electron chi connectivity index (χ4n) is 7.36. The number of fused-ring (bicyclic) bond motifs is 8. The highest BCUT2D eigenvalue weighted by Crippen LogP contribution is 2.43. The standard InChI is InChI=1S/C46H29NOS/c1-2-9-30(10-3-1)31-17-21-33(22-18-31)47(35-25-26-39-38-11-4-6-15-42(38)48-43(39)29-35)34-23-19-32(20-24-34)36-13-8-14-40-37(36)27-28-45-46(40)41-12-5-7-16-44(41)49-45/h1-29H. The van der Waals surface area contributed by atoms with Crippen LogP contribution in [0.25, 0.3) is 75.1 Å². The number of anilines is 3. The number of para-hydroxylation sites is 1. The molecule has 2 heterocycles. The summed E-state index contributed by atoms with van der Waals surface area (Å²) in [5.41, 5.74) is 9.82. The molecule has 0 amide bonds. The predicted octanol–water partition coefficient (Wildman–Crippen LogP) is 13.9.